The van der Waals surface area contributed by atoms with E-state index in [1.54, 1.807) is 7.05 Å². The number of halogens is 1. The molecule has 0 aromatic heterocycles. The quantitative estimate of drug-likeness (QED) is 0.377. The summed E-state index contributed by atoms with van der Waals surface area (Å²) in [4.78, 5) is 4.29. The summed E-state index contributed by atoms with van der Waals surface area (Å²) in [6, 6.07) is 6.32. The highest BCUT2D eigenvalue weighted by atomic mass is 127. The van der Waals surface area contributed by atoms with Crippen molar-refractivity contribution in [1.82, 2.24) is 10.6 Å². The van der Waals surface area contributed by atoms with E-state index in [9.17, 15) is 0 Å². The zero-order valence-corrected chi connectivity index (χ0v) is 18.0. The highest BCUT2D eigenvalue weighted by molar-refractivity contribution is 14.0. The van der Waals surface area contributed by atoms with Crippen LogP contribution in [0.2, 0.25) is 0 Å². The molecular formula is C19H30IN3O3. The molecule has 2 unspecified atom stereocenters. The average molecular weight is 475 g/mol. The molecular weight excluding hydrogens is 445 g/mol. The van der Waals surface area contributed by atoms with Crippen molar-refractivity contribution in [3.63, 3.8) is 0 Å². The third kappa shape index (κ3) is 6.28. The Morgan fingerprint density at radius 1 is 1.27 bits per heavy atom. The molecule has 26 heavy (non-hydrogen) atoms. The smallest absolute Gasteiger partial charge is 0.191 e. The van der Waals surface area contributed by atoms with E-state index in [1.807, 2.05) is 0 Å². The number of benzene rings is 1. The molecule has 2 atom stereocenters. The Bertz CT molecular complexity index is 585. The van der Waals surface area contributed by atoms with E-state index in [4.69, 9.17) is 14.2 Å². The van der Waals surface area contributed by atoms with E-state index in [1.165, 1.54) is 5.56 Å². The van der Waals surface area contributed by atoms with E-state index < -0.39 is 0 Å². The molecule has 1 aromatic carbocycles. The lowest BCUT2D eigenvalue weighted by Crippen LogP contribution is -2.40. The highest BCUT2D eigenvalue weighted by Gasteiger charge is 2.19. The Hall–Kier alpha value is -1.06. The third-order valence-corrected chi connectivity index (χ3v) is 4.60. The zero-order valence-electron chi connectivity index (χ0n) is 15.6. The fourth-order valence-electron chi connectivity index (χ4n) is 3.12. The number of nitrogens with zero attached hydrogens (tertiary/aromatic N) is 1. The molecule has 7 heteroatoms. The second-order valence-corrected chi connectivity index (χ2v) is 6.66. The highest BCUT2D eigenvalue weighted by Crippen LogP contribution is 2.23. The van der Waals surface area contributed by atoms with Crippen LogP contribution in [0.5, 0.6) is 5.75 Å². The minimum atomic E-state index is 0. The molecule has 2 aliphatic rings. The summed E-state index contributed by atoms with van der Waals surface area (Å²) in [5, 5.41) is 6.71. The number of guanidine groups is 1. The fourth-order valence-corrected chi connectivity index (χ4v) is 3.12. The van der Waals surface area contributed by atoms with Crippen molar-refractivity contribution in [3.8, 4) is 5.75 Å². The normalized spacial score (nSPS) is 22.8. The number of aryl methyl sites for hydroxylation is 1. The Balaban J connectivity index is 0.00000243. The van der Waals surface area contributed by atoms with Gasteiger partial charge in [-0.3, -0.25) is 4.99 Å². The van der Waals surface area contributed by atoms with Gasteiger partial charge in [-0.2, -0.15) is 0 Å². The van der Waals surface area contributed by atoms with Crippen LogP contribution in [0.1, 0.15) is 30.4 Å². The van der Waals surface area contributed by atoms with E-state index >= 15 is 0 Å². The molecule has 3 rings (SSSR count). The van der Waals surface area contributed by atoms with Crippen LogP contribution in [0.4, 0.5) is 0 Å². The number of aliphatic imine (C=N–C) groups is 1. The van der Waals surface area contributed by atoms with Gasteiger partial charge in [0, 0.05) is 38.7 Å². The third-order valence-electron chi connectivity index (χ3n) is 4.60. The maximum atomic E-state index is 6.15. The van der Waals surface area contributed by atoms with Gasteiger partial charge < -0.3 is 24.8 Å². The summed E-state index contributed by atoms with van der Waals surface area (Å²) < 4.78 is 17.2. The van der Waals surface area contributed by atoms with Gasteiger partial charge in [0.15, 0.2) is 5.96 Å². The first kappa shape index (κ1) is 21.2. The van der Waals surface area contributed by atoms with Crippen LogP contribution < -0.4 is 15.4 Å². The van der Waals surface area contributed by atoms with E-state index in [-0.39, 0.29) is 30.1 Å². The molecule has 2 fully saturated rings. The van der Waals surface area contributed by atoms with Crippen LogP contribution in [0.3, 0.4) is 0 Å². The monoisotopic (exact) mass is 475 g/mol. The van der Waals surface area contributed by atoms with Gasteiger partial charge in [-0.05, 0) is 31.4 Å². The molecule has 6 nitrogen and oxygen atoms in total. The molecule has 2 aliphatic heterocycles. The summed E-state index contributed by atoms with van der Waals surface area (Å²) >= 11 is 0. The SMILES string of the molecule is CN=C(NCc1ccc(C)cc1OC1CCOC1)NCC1CCCO1.I. The zero-order chi connectivity index (χ0) is 17.5. The standard InChI is InChI=1S/C19H29N3O3.HI/c1-14-5-6-15(18(10-14)25-17-7-9-23-13-17)11-21-19(20-2)22-12-16-4-3-8-24-16;/h5-6,10,16-17H,3-4,7-9,11-13H2,1-2H3,(H2,20,21,22);1H. The summed E-state index contributed by atoms with van der Waals surface area (Å²) in [5.74, 6) is 1.71. The van der Waals surface area contributed by atoms with Crippen molar-refractivity contribution in [2.75, 3.05) is 33.4 Å². The number of nitrogens with one attached hydrogen (secondary N) is 2. The molecule has 0 aliphatic carbocycles. The van der Waals surface area contributed by atoms with Gasteiger partial charge >= 0.3 is 0 Å². The largest absolute Gasteiger partial charge is 0.488 e. The second-order valence-electron chi connectivity index (χ2n) is 6.66. The lowest BCUT2D eigenvalue weighted by atomic mass is 10.1. The number of hydrogen-bond acceptors (Lipinski definition) is 4. The van der Waals surface area contributed by atoms with Crippen LogP contribution in [0.25, 0.3) is 0 Å². The Morgan fingerprint density at radius 3 is 2.85 bits per heavy atom. The molecule has 0 radical (unpaired) electrons. The van der Waals surface area contributed by atoms with Crippen molar-refractivity contribution in [2.24, 2.45) is 4.99 Å². The molecule has 0 bridgehead atoms. The van der Waals surface area contributed by atoms with Gasteiger partial charge in [-0.15, -0.1) is 24.0 Å². The summed E-state index contributed by atoms with van der Waals surface area (Å²) in [7, 11) is 1.78. The summed E-state index contributed by atoms with van der Waals surface area (Å²) in [6.07, 6.45) is 3.65. The summed E-state index contributed by atoms with van der Waals surface area (Å²) in [6.45, 7) is 5.85. The molecule has 0 amide bonds. The first-order valence-electron chi connectivity index (χ1n) is 9.14. The molecule has 0 saturated carbocycles. The second kappa shape index (κ2) is 10.9. The molecule has 0 spiro atoms. The fraction of sp³-hybridized carbons (Fsp3) is 0.632. The van der Waals surface area contributed by atoms with Crippen molar-refractivity contribution in [1.29, 1.82) is 0 Å². The first-order valence-corrected chi connectivity index (χ1v) is 9.14. The lowest BCUT2D eigenvalue weighted by Gasteiger charge is -2.18. The van der Waals surface area contributed by atoms with E-state index in [0.717, 1.165) is 56.3 Å². The van der Waals surface area contributed by atoms with E-state index in [2.05, 4.69) is 40.7 Å². The minimum Gasteiger partial charge on any atom is -0.488 e. The van der Waals surface area contributed by atoms with Gasteiger partial charge in [-0.25, -0.2) is 0 Å². The molecule has 2 N–H and O–H groups in total. The lowest BCUT2D eigenvalue weighted by molar-refractivity contribution is 0.114. The van der Waals surface area contributed by atoms with Crippen molar-refractivity contribution < 1.29 is 14.2 Å². The van der Waals surface area contributed by atoms with Gasteiger partial charge in [0.2, 0.25) is 0 Å². The van der Waals surface area contributed by atoms with E-state index in [0.29, 0.717) is 19.3 Å². The Morgan fingerprint density at radius 2 is 2.15 bits per heavy atom. The van der Waals surface area contributed by atoms with Crippen molar-refractivity contribution >= 4 is 29.9 Å². The summed E-state index contributed by atoms with van der Waals surface area (Å²) in [5.41, 5.74) is 2.32. The molecule has 146 valence electrons. The van der Waals surface area contributed by atoms with Crippen LogP contribution in [-0.2, 0) is 16.0 Å². The van der Waals surface area contributed by atoms with Crippen LogP contribution in [-0.4, -0.2) is 51.6 Å². The molecule has 2 saturated heterocycles. The van der Waals surface area contributed by atoms with Crippen molar-refractivity contribution in [2.45, 2.75) is 44.9 Å². The van der Waals surface area contributed by atoms with Crippen LogP contribution >= 0.6 is 24.0 Å². The van der Waals surface area contributed by atoms with Gasteiger partial charge in [0.1, 0.15) is 11.9 Å². The molecule has 1 aromatic rings. The molecule has 2 heterocycles. The predicted molar refractivity (Wildman–Crippen MR) is 114 cm³/mol. The Labute approximate surface area is 173 Å². The maximum Gasteiger partial charge on any atom is 0.191 e. The van der Waals surface area contributed by atoms with Crippen molar-refractivity contribution in [3.05, 3.63) is 29.3 Å². The number of rotatable bonds is 6. The average Bonchev–Trinajstić information content (AvgIpc) is 3.30. The first-order chi connectivity index (χ1) is 12.2. The van der Waals surface area contributed by atoms with Gasteiger partial charge in [0.05, 0.1) is 19.3 Å². The Kier molecular flexibility index (Phi) is 8.94. The minimum absolute atomic E-state index is 0. The van der Waals surface area contributed by atoms with Gasteiger partial charge in [0.25, 0.3) is 0 Å². The van der Waals surface area contributed by atoms with Crippen LogP contribution in [0, 0.1) is 6.92 Å². The topological polar surface area (TPSA) is 64.1 Å². The predicted octanol–water partition coefficient (Wildman–Crippen LogP) is 2.62. The van der Waals surface area contributed by atoms with Gasteiger partial charge in [-0.1, -0.05) is 12.1 Å². The number of ether oxygens (including phenoxy) is 3. The maximum absolute atomic E-state index is 6.15. The van der Waals surface area contributed by atoms with Crippen LogP contribution in [0.15, 0.2) is 23.2 Å². The number of hydrogen-bond donors (Lipinski definition) is 2.